The zero-order valence-electron chi connectivity index (χ0n) is 9.49. The molecule has 1 aromatic carbocycles. The normalized spacial score (nSPS) is 13.3. The third kappa shape index (κ3) is 2.59. The van der Waals surface area contributed by atoms with Gasteiger partial charge < -0.3 is 4.74 Å². The van der Waals surface area contributed by atoms with Gasteiger partial charge in [0, 0.05) is 12.0 Å². The Morgan fingerprint density at radius 2 is 2.38 bits per heavy atom. The van der Waals surface area contributed by atoms with Crippen molar-refractivity contribution in [2.24, 2.45) is 0 Å². The van der Waals surface area contributed by atoms with Crippen LogP contribution in [0.25, 0.3) is 0 Å². The zero-order valence-corrected chi connectivity index (χ0v) is 10.3. The van der Waals surface area contributed by atoms with Gasteiger partial charge >= 0.3 is 0 Å². The summed E-state index contributed by atoms with van der Waals surface area (Å²) in [6.07, 6.45) is 2.05. The van der Waals surface area contributed by atoms with Gasteiger partial charge in [-0.15, -0.1) is 0 Å². The van der Waals surface area contributed by atoms with E-state index in [2.05, 4.69) is 6.92 Å². The Kier molecular flexibility index (Phi) is 3.88. The number of carbonyl (C=O) groups excluding carboxylic acids is 1. The molecule has 0 spiro atoms. The van der Waals surface area contributed by atoms with Gasteiger partial charge in [0.2, 0.25) is 0 Å². The molecule has 2 nitrogen and oxygen atoms in total. The van der Waals surface area contributed by atoms with Crippen LogP contribution in [0.3, 0.4) is 0 Å². The van der Waals surface area contributed by atoms with Crippen molar-refractivity contribution < 1.29 is 9.53 Å². The predicted molar refractivity (Wildman–Crippen MR) is 67.6 cm³/mol. The van der Waals surface area contributed by atoms with E-state index in [0.717, 1.165) is 36.5 Å². The second kappa shape index (κ2) is 5.39. The van der Waals surface area contributed by atoms with E-state index in [-0.39, 0.29) is 5.78 Å². The van der Waals surface area contributed by atoms with Crippen molar-refractivity contribution in [1.29, 1.82) is 0 Å². The first kappa shape index (κ1) is 11.5. The molecule has 86 valence electrons. The maximum absolute atomic E-state index is 11.9. The lowest BCUT2D eigenvalue weighted by Gasteiger charge is -2.03. The van der Waals surface area contributed by atoms with E-state index in [9.17, 15) is 4.79 Å². The number of thioether (sulfide) groups is 1. The average Bonchev–Trinajstić information content (AvgIpc) is 2.76. The Morgan fingerprint density at radius 1 is 1.50 bits per heavy atom. The number of ketones is 1. The van der Waals surface area contributed by atoms with Crippen molar-refractivity contribution in [3.05, 3.63) is 29.3 Å². The van der Waals surface area contributed by atoms with E-state index in [4.69, 9.17) is 4.74 Å². The maximum Gasteiger partial charge on any atom is 0.172 e. The van der Waals surface area contributed by atoms with Crippen molar-refractivity contribution in [3.8, 4) is 5.75 Å². The highest BCUT2D eigenvalue weighted by Crippen LogP contribution is 2.26. The molecule has 1 aliphatic heterocycles. The second-order valence-corrected chi connectivity index (χ2v) is 5.00. The van der Waals surface area contributed by atoms with Crippen molar-refractivity contribution >= 4 is 17.5 Å². The largest absolute Gasteiger partial charge is 0.493 e. The monoisotopic (exact) mass is 236 g/mol. The van der Waals surface area contributed by atoms with Gasteiger partial charge in [0.15, 0.2) is 5.78 Å². The average molecular weight is 236 g/mol. The lowest BCUT2D eigenvalue weighted by Crippen LogP contribution is -2.03. The first-order valence-electron chi connectivity index (χ1n) is 5.68. The SMILES string of the molecule is CCCSCC(=O)c1ccc2c(c1)CCO2. The van der Waals surface area contributed by atoms with Crippen LogP contribution >= 0.6 is 11.8 Å². The van der Waals surface area contributed by atoms with Gasteiger partial charge in [-0.3, -0.25) is 4.79 Å². The summed E-state index contributed by atoms with van der Waals surface area (Å²) in [7, 11) is 0. The molecular formula is C13H16O2S. The Balaban J connectivity index is 2.01. The van der Waals surface area contributed by atoms with Gasteiger partial charge in [-0.05, 0) is 35.9 Å². The topological polar surface area (TPSA) is 26.3 Å². The summed E-state index contributed by atoms with van der Waals surface area (Å²) in [5.41, 5.74) is 2.00. The minimum absolute atomic E-state index is 0.230. The van der Waals surface area contributed by atoms with Gasteiger partial charge in [0.1, 0.15) is 5.75 Å². The Bertz CT molecular complexity index is 388. The van der Waals surface area contributed by atoms with Gasteiger partial charge in [0.05, 0.1) is 12.4 Å². The lowest BCUT2D eigenvalue weighted by atomic mass is 10.1. The minimum atomic E-state index is 0.230. The van der Waals surface area contributed by atoms with Crippen LogP contribution in [0.1, 0.15) is 29.3 Å². The summed E-state index contributed by atoms with van der Waals surface area (Å²) in [6, 6.07) is 5.77. The third-order valence-corrected chi connectivity index (χ3v) is 3.76. The molecule has 0 saturated carbocycles. The molecule has 0 amide bonds. The molecule has 0 atom stereocenters. The summed E-state index contributed by atoms with van der Waals surface area (Å²) >= 11 is 1.71. The minimum Gasteiger partial charge on any atom is -0.493 e. The molecule has 0 radical (unpaired) electrons. The predicted octanol–water partition coefficient (Wildman–Crippen LogP) is 2.95. The first-order chi connectivity index (χ1) is 7.81. The van der Waals surface area contributed by atoms with Gasteiger partial charge in [-0.1, -0.05) is 6.92 Å². The molecule has 0 N–H and O–H groups in total. The van der Waals surface area contributed by atoms with E-state index < -0.39 is 0 Å². The number of benzene rings is 1. The molecule has 2 rings (SSSR count). The van der Waals surface area contributed by atoms with Crippen molar-refractivity contribution in [1.82, 2.24) is 0 Å². The van der Waals surface area contributed by atoms with E-state index in [1.54, 1.807) is 11.8 Å². The number of ether oxygens (including phenoxy) is 1. The van der Waals surface area contributed by atoms with E-state index >= 15 is 0 Å². The Labute approximate surface area is 100 Å². The molecule has 0 unspecified atom stereocenters. The Hall–Kier alpha value is -0.960. The van der Waals surface area contributed by atoms with Gasteiger partial charge in [0.25, 0.3) is 0 Å². The molecule has 3 heteroatoms. The molecular weight excluding hydrogens is 220 g/mol. The smallest absolute Gasteiger partial charge is 0.172 e. The molecule has 1 aromatic rings. The van der Waals surface area contributed by atoms with E-state index in [0.29, 0.717) is 5.75 Å². The van der Waals surface area contributed by atoms with Crippen molar-refractivity contribution in [2.45, 2.75) is 19.8 Å². The molecule has 0 saturated heterocycles. The number of carbonyl (C=O) groups is 1. The molecule has 1 aliphatic rings. The zero-order chi connectivity index (χ0) is 11.4. The van der Waals surface area contributed by atoms with Crippen LogP contribution in [0.5, 0.6) is 5.75 Å². The lowest BCUT2D eigenvalue weighted by molar-refractivity contribution is 0.102. The molecule has 16 heavy (non-hydrogen) atoms. The number of hydrogen-bond donors (Lipinski definition) is 0. The quantitative estimate of drug-likeness (QED) is 0.581. The molecule has 0 aliphatic carbocycles. The van der Waals surface area contributed by atoms with Crippen LogP contribution in [-0.4, -0.2) is 23.9 Å². The summed E-state index contributed by atoms with van der Waals surface area (Å²) in [5, 5.41) is 0. The van der Waals surface area contributed by atoms with E-state index in [1.807, 2.05) is 18.2 Å². The summed E-state index contributed by atoms with van der Waals surface area (Å²) in [4.78, 5) is 11.9. The van der Waals surface area contributed by atoms with Crippen LogP contribution in [0, 0.1) is 0 Å². The molecule has 0 bridgehead atoms. The number of hydrogen-bond acceptors (Lipinski definition) is 3. The van der Waals surface area contributed by atoms with Crippen molar-refractivity contribution in [2.75, 3.05) is 18.1 Å². The second-order valence-electron chi connectivity index (χ2n) is 3.90. The third-order valence-electron chi connectivity index (χ3n) is 2.59. The first-order valence-corrected chi connectivity index (χ1v) is 6.83. The number of rotatable bonds is 5. The van der Waals surface area contributed by atoms with Crippen LogP contribution in [-0.2, 0) is 6.42 Å². The highest BCUT2D eigenvalue weighted by Gasteiger charge is 2.14. The van der Waals surface area contributed by atoms with Crippen molar-refractivity contribution in [3.63, 3.8) is 0 Å². The Morgan fingerprint density at radius 3 is 3.19 bits per heavy atom. The van der Waals surface area contributed by atoms with E-state index in [1.165, 1.54) is 5.56 Å². The highest BCUT2D eigenvalue weighted by molar-refractivity contribution is 7.99. The molecule has 1 heterocycles. The highest BCUT2D eigenvalue weighted by atomic mass is 32.2. The number of fused-ring (bicyclic) bond motifs is 1. The number of Topliss-reactive ketones (excluding diaryl/α,β-unsaturated/α-hetero) is 1. The van der Waals surface area contributed by atoms with Crippen LogP contribution in [0.15, 0.2) is 18.2 Å². The molecule has 0 fully saturated rings. The van der Waals surface area contributed by atoms with Crippen LogP contribution < -0.4 is 4.74 Å². The van der Waals surface area contributed by atoms with Crippen LogP contribution in [0.4, 0.5) is 0 Å². The maximum atomic E-state index is 11.9. The fourth-order valence-corrected chi connectivity index (χ4v) is 2.54. The summed E-state index contributed by atoms with van der Waals surface area (Å²) in [5.74, 6) is 2.82. The fourth-order valence-electron chi connectivity index (χ4n) is 1.75. The van der Waals surface area contributed by atoms with Gasteiger partial charge in [-0.2, -0.15) is 11.8 Å². The fraction of sp³-hybridized carbons (Fsp3) is 0.462. The summed E-state index contributed by atoms with van der Waals surface area (Å²) < 4.78 is 5.42. The van der Waals surface area contributed by atoms with Gasteiger partial charge in [-0.25, -0.2) is 0 Å². The van der Waals surface area contributed by atoms with Crippen LogP contribution in [0.2, 0.25) is 0 Å². The standard InChI is InChI=1S/C13H16O2S/c1-2-7-16-9-12(14)10-3-4-13-11(8-10)5-6-15-13/h3-4,8H,2,5-7,9H2,1H3. The molecule has 0 aromatic heterocycles. The summed E-state index contributed by atoms with van der Waals surface area (Å²) in [6.45, 7) is 2.88.